The van der Waals surface area contributed by atoms with Gasteiger partial charge in [0.2, 0.25) is 0 Å². The van der Waals surface area contributed by atoms with E-state index >= 15 is 0 Å². The van der Waals surface area contributed by atoms with Crippen molar-refractivity contribution < 1.29 is 9.53 Å². The third kappa shape index (κ3) is 1.94. The second-order valence-electron chi connectivity index (χ2n) is 3.50. The van der Waals surface area contributed by atoms with Gasteiger partial charge in [-0.2, -0.15) is 0 Å². The van der Waals surface area contributed by atoms with Crippen molar-refractivity contribution in [1.82, 2.24) is 9.97 Å². The molecular formula is C9H11ClN4O2. The normalized spacial score (nSPS) is 22.7. The summed E-state index contributed by atoms with van der Waals surface area (Å²) in [5.41, 5.74) is 5.77. The number of carbonyl (C=O) groups excluding carboxylic acids is 1. The quantitative estimate of drug-likeness (QED) is 0.607. The summed E-state index contributed by atoms with van der Waals surface area (Å²) in [7, 11) is 1.28. The Morgan fingerprint density at radius 1 is 1.62 bits per heavy atom. The second-order valence-corrected chi connectivity index (χ2v) is 3.86. The minimum Gasteiger partial charge on any atom is -0.464 e. The summed E-state index contributed by atoms with van der Waals surface area (Å²) in [4.78, 5) is 19.3. The zero-order valence-corrected chi connectivity index (χ0v) is 9.39. The van der Waals surface area contributed by atoms with Crippen molar-refractivity contribution in [3.63, 3.8) is 0 Å². The fourth-order valence-corrected chi connectivity index (χ4v) is 1.69. The molecule has 1 heterocycles. The van der Waals surface area contributed by atoms with Crippen LogP contribution in [0.25, 0.3) is 0 Å². The molecule has 0 radical (unpaired) electrons. The highest BCUT2D eigenvalue weighted by atomic mass is 35.5. The average molecular weight is 243 g/mol. The Kier molecular flexibility index (Phi) is 2.93. The molecule has 0 amide bonds. The molecule has 86 valence electrons. The van der Waals surface area contributed by atoms with Gasteiger partial charge in [-0.05, 0) is 6.42 Å². The van der Waals surface area contributed by atoms with Crippen LogP contribution in [-0.4, -0.2) is 35.1 Å². The fraction of sp³-hybridized carbons (Fsp3) is 0.444. The molecule has 0 aromatic carbocycles. The molecule has 2 atom stereocenters. The van der Waals surface area contributed by atoms with Gasteiger partial charge in [-0.1, -0.05) is 0 Å². The largest absolute Gasteiger partial charge is 0.464 e. The number of hydrogen-bond donors (Lipinski definition) is 1. The third-order valence-electron chi connectivity index (χ3n) is 2.36. The number of aromatic nitrogens is 2. The highest BCUT2D eigenvalue weighted by Gasteiger charge is 2.41. The van der Waals surface area contributed by atoms with Crippen LogP contribution in [0.3, 0.4) is 0 Å². The Balaban J connectivity index is 2.29. The van der Waals surface area contributed by atoms with Crippen molar-refractivity contribution >= 4 is 23.6 Å². The number of nitrogens with zero attached hydrogens (tertiary/aromatic N) is 3. The van der Waals surface area contributed by atoms with Gasteiger partial charge in [0.1, 0.15) is 0 Å². The van der Waals surface area contributed by atoms with Gasteiger partial charge < -0.3 is 10.5 Å². The minimum atomic E-state index is -0.567. The zero-order valence-electron chi connectivity index (χ0n) is 8.63. The molecule has 16 heavy (non-hydrogen) atoms. The van der Waals surface area contributed by atoms with E-state index in [4.69, 9.17) is 17.5 Å². The highest BCUT2D eigenvalue weighted by Crippen LogP contribution is 2.32. The van der Waals surface area contributed by atoms with E-state index in [0.717, 1.165) is 6.42 Å². The second kappa shape index (κ2) is 4.23. The molecule has 1 aromatic heterocycles. The van der Waals surface area contributed by atoms with E-state index in [0.29, 0.717) is 0 Å². The first-order valence-corrected chi connectivity index (χ1v) is 5.09. The number of ether oxygens (including phenoxy) is 1. The van der Waals surface area contributed by atoms with Crippen molar-refractivity contribution in [3.05, 3.63) is 18.1 Å². The minimum absolute atomic E-state index is 0.00164. The molecule has 1 aliphatic carbocycles. The lowest BCUT2D eigenvalue weighted by Crippen LogP contribution is -2.24. The summed E-state index contributed by atoms with van der Waals surface area (Å²) < 4.78 is 5.95. The maximum absolute atomic E-state index is 11.4. The molecule has 2 N–H and O–H groups in total. The van der Waals surface area contributed by atoms with Gasteiger partial charge in [-0.3, -0.25) is 4.42 Å². The first-order chi connectivity index (χ1) is 7.65. The van der Waals surface area contributed by atoms with Crippen LogP contribution < -0.4 is 10.2 Å². The van der Waals surface area contributed by atoms with E-state index in [-0.39, 0.29) is 23.6 Å². The Morgan fingerprint density at radius 2 is 2.25 bits per heavy atom. The molecule has 1 saturated carbocycles. The average Bonchev–Trinajstić information content (AvgIpc) is 3.04. The molecule has 0 aliphatic heterocycles. The number of carbonyl (C=O) groups is 1. The Labute approximate surface area is 97.5 Å². The van der Waals surface area contributed by atoms with Gasteiger partial charge in [-0.25, -0.2) is 14.8 Å². The van der Waals surface area contributed by atoms with E-state index in [2.05, 4.69) is 14.7 Å². The number of nitrogens with two attached hydrogens (primary N) is 1. The van der Waals surface area contributed by atoms with Crippen molar-refractivity contribution in [1.29, 1.82) is 0 Å². The molecule has 2 unspecified atom stereocenters. The van der Waals surface area contributed by atoms with E-state index in [1.807, 2.05) is 0 Å². The number of hydrogen-bond acceptors (Lipinski definition) is 6. The van der Waals surface area contributed by atoms with Crippen molar-refractivity contribution in [2.24, 2.45) is 5.73 Å². The van der Waals surface area contributed by atoms with Gasteiger partial charge in [0.25, 0.3) is 0 Å². The monoisotopic (exact) mass is 242 g/mol. The van der Waals surface area contributed by atoms with Crippen LogP contribution in [0.4, 0.5) is 5.82 Å². The maximum Gasteiger partial charge on any atom is 0.360 e. The molecular weight excluding hydrogens is 232 g/mol. The van der Waals surface area contributed by atoms with Crippen LogP contribution in [-0.2, 0) is 4.74 Å². The lowest BCUT2D eigenvalue weighted by Gasteiger charge is -2.15. The predicted octanol–water partition coefficient (Wildman–Crippen LogP) is 0.323. The number of esters is 1. The molecule has 0 saturated heterocycles. The third-order valence-corrected chi connectivity index (χ3v) is 2.77. The van der Waals surface area contributed by atoms with E-state index in [1.54, 1.807) is 0 Å². The highest BCUT2D eigenvalue weighted by molar-refractivity contribution is 6.26. The molecule has 7 heteroatoms. The lowest BCUT2D eigenvalue weighted by molar-refractivity contribution is 0.0594. The van der Waals surface area contributed by atoms with E-state index in [1.165, 1.54) is 23.9 Å². The van der Waals surface area contributed by atoms with E-state index < -0.39 is 5.97 Å². The van der Waals surface area contributed by atoms with Gasteiger partial charge >= 0.3 is 5.97 Å². The maximum atomic E-state index is 11.4. The topological polar surface area (TPSA) is 81.3 Å². The summed E-state index contributed by atoms with van der Waals surface area (Å²) in [6, 6.07) is 0.0202. The van der Waals surface area contributed by atoms with Crippen LogP contribution >= 0.6 is 11.8 Å². The van der Waals surface area contributed by atoms with E-state index in [9.17, 15) is 4.79 Å². The van der Waals surface area contributed by atoms with Crippen molar-refractivity contribution in [3.8, 4) is 0 Å². The van der Waals surface area contributed by atoms with Gasteiger partial charge in [0.15, 0.2) is 11.5 Å². The van der Waals surface area contributed by atoms with Crippen LogP contribution in [0.5, 0.6) is 0 Å². The number of methoxy groups -OCH3 is 1. The van der Waals surface area contributed by atoms with Gasteiger partial charge in [0.05, 0.1) is 13.2 Å². The molecule has 6 nitrogen and oxygen atoms in total. The first kappa shape index (κ1) is 11.1. The SMILES string of the molecule is COC(=O)c1nccnc1N(Cl)C1CC1N. The van der Waals surface area contributed by atoms with Crippen LogP contribution in [0.1, 0.15) is 16.9 Å². The summed E-state index contributed by atoms with van der Waals surface area (Å²) in [6.07, 6.45) is 3.65. The Hall–Kier alpha value is -1.40. The van der Waals surface area contributed by atoms with Gasteiger partial charge in [0, 0.05) is 30.2 Å². The van der Waals surface area contributed by atoms with Crippen molar-refractivity contribution in [2.75, 3.05) is 11.5 Å². The molecule has 0 spiro atoms. The molecule has 2 rings (SSSR count). The van der Waals surface area contributed by atoms with Gasteiger partial charge in [-0.15, -0.1) is 0 Å². The molecule has 1 aromatic rings. The standard InChI is InChI=1S/C9H11ClN4O2/c1-16-9(15)7-8(13-3-2-12-7)14(10)6-4-5(6)11/h2-3,5-6H,4,11H2,1H3. The molecule has 0 bridgehead atoms. The lowest BCUT2D eigenvalue weighted by atomic mass is 10.4. The summed E-state index contributed by atoms with van der Waals surface area (Å²) >= 11 is 6.05. The van der Waals surface area contributed by atoms with Crippen LogP contribution in [0, 0.1) is 0 Å². The Bertz CT molecular complexity index is 414. The smallest absolute Gasteiger partial charge is 0.360 e. The number of rotatable bonds is 3. The molecule has 1 fully saturated rings. The fourth-order valence-electron chi connectivity index (χ4n) is 1.35. The number of anilines is 1. The summed E-state index contributed by atoms with van der Waals surface area (Å²) in [5, 5.41) is 0. The van der Waals surface area contributed by atoms with Crippen molar-refractivity contribution in [2.45, 2.75) is 18.5 Å². The predicted molar refractivity (Wildman–Crippen MR) is 58.1 cm³/mol. The first-order valence-electron chi connectivity index (χ1n) is 4.75. The summed E-state index contributed by atoms with van der Waals surface area (Å²) in [6.45, 7) is 0. The zero-order chi connectivity index (χ0) is 11.7. The number of halogens is 1. The summed E-state index contributed by atoms with van der Waals surface area (Å²) in [5.74, 6) is -0.281. The molecule has 1 aliphatic rings. The Morgan fingerprint density at radius 3 is 2.81 bits per heavy atom. The van der Waals surface area contributed by atoms with Crippen LogP contribution in [0.2, 0.25) is 0 Å². The van der Waals surface area contributed by atoms with Crippen LogP contribution in [0.15, 0.2) is 12.4 Å².